The van der Waals surface area contributed by atoms with E-state index in [4.69, 9.17) is 0 Å². The zero-order chi connectivity index (χ0) is 28.9. The van der Waals surface area contributed by atoms with Gasteiger partial charge in [-0.3, -0.25) is 0 Å². The van der Waals surface area contributed by atoms with Gasteiger partial charge in [-0.05, 0) is 36.1 Å². The van der Waals surface area contributed by atoms with Crippen LogP contribution in [-0.4, -0.2) is 82.3 Å². The van der Waals surface area contributed by atoms with E-state index < -0.39 is 23.4 Å². The second-order valence-electron chi connectivity index (χ2n) is 10.5. The molecule has 2 aromatic rings. The first-order chi connectivity index (χ1) is 19.0. The maximum absolute atomic E-state index is 13.0. The predicted molar refractivity (Wildman–Crippen MR) is 143 cm³/mol. The highest BCUT2D eigenvalue weighted by Crippen LogP contribution is 2.38. The molecule has 3 amide bonds. The number of hydrogen-bond donors (Lipinski definition) is 3. The zero-order valence-corrected chi connectivity index (χ0v) is 22.2. The molecule has 0 aromatic heterocycles. The van der Waals surface area contributed by atoms with Crippen LogP contribution in [0.3, 0.4) is 0 Å². The summed E-state index contributed by atoms with van der Waals surface area (Å²) in [5.74, 6) is -0.307. The molecule has 2 aliphatic rings. The number of nitrogens with zero attached hydrogens (tertiary/aromatic N) is 3. The smallest absolute Gasteiger partial charge is 0.416 e. The van der Waals surface area contributed by atoms with Crippen molar-refractivity contribution >= 4 is 12.1 Å². The molecule has 2 heterocycles. The lowest BCUT2D eigenvalue weighted by Gasteiger charge is -2.40. The summed E-state index contributed by atoms with van der Waals surface area (Å²) in [5, 5.41) is 24.0. The minimum Gasteiger partial charge on any atom is -0.465 e. The molecule has 2 fully saturated rings. The number of carboxylic acid groups (broad SMARTS) is 1. The van der Waals surface area contributed by atoms with E-state index in [-0.39, 0.29) is 37.6 Å². The third-order valence-corrected chi connectivity index (χ3v) is 7.88. The summed E-state index contributed by atoms with van der Waals surface area (Å²) in [6.07, 6.45) is -2.46. The molecule has 0 spiro atoms. The summed E-state index contributed by atoms with van der Waals surface area (Å²) in [4.78, 5) is 29.9. The van der Waals surface area contributed by atoms with E-state index in [0.717, 1.165) is 12.1 Å². The minimum absolute atomic E-state index is 0.0136. The van der Waals surface area contributed by atoms with Gasteiger partial charge in [0.25, 0.3) is 0 Å². The fourth-order valence-electron chi connectivity index (χ4n) is 5.66. The van der Waals surface area contributed by atoms with Crippen molar-refractivity contribution in [3.05, 3.63) is 83.9 Å². The van der Waals surface area contributed by atoms with E-state index >= 15 is 0 Å². The third kappa shape index (κ3) is 6.76. The molecule has 0 bridgehead atoms. The molecule has 3 N–H and O–H groups in total. The van der Waals surface area contributed by atoms with E-state index in [1.54, 1.807) is 11.0 Å². The molecule has 0 saturated carbocycles. The van der Waals surface area contributed by atoms with Gasteiger partial charge in [-0.25, -0.2) is 9.59 Å². The van der Waals surface area contributed by atoms with Crippen LogP contribution in [-0.2, 0) is 18.3 Å². The van der Waals surface area contributed by atoms with Gasteiger partial charge < -0.3 is 30.2 Å². The molecule has 40 heavy (non-hydrogen) atoms. The number of carbonyl (C=O) groups excluding carboxylic acids is 1. The number of benzene rings is 2. The molecule has 8 nitrogen and oxygen atoms in total. The number of nitrogens with one attached hydrogen (secondary N) is 1. The standard InChI is InChI=1S/C29H35F3N4O4/c1-2-14-36(26(37)33-17-21-8-10-23(11-9-21)29(30,31)32)25-12-15-34(16-13-25)18-24-19-35(27(38)39)20-28(24,40)22-6-4-3-5-7-22/h2-11,24-25,40H,1,12-20H2,(H,33,37)(H,38,39). The highest BCUT2D eigenvalue weighted by atomic mass is 19.4. The number of rotatable bonds is 8. The Hall–Kier alpha value is -3.57. The van der Waals surface area contributed by atoms with Gasteiger partial charge in [0.15, 0.2) is 0 Å². The van der Waals surface area contributed by atoms with E-state index in [2.05, 4.69) is 16.8 Å². The number of amides is 3. The number of likely N-dealkylation sites (tertiary alicyclic amines) is 2. The molecule has 11 heteroatoms. The minimum atomic E-state index is -4.41. The fourth-order valence-corrected chi connectivity index (χ4v) is 5.66. The van der Waals surface area contributed by atoms with E-state index in [1.807, 2.05) is 30.3 Å². The number of halogens is 3. The van der Waals surface area contributed by atoms with Gasteiger partial charge in [0.05, 0.1) is 12.1 Å². The van der Waals surface area contributed by atoms with Crippen molar-refractivity contribution in [3.8, 4) is 0 Å². The number of piperidine rings is 1. The molecular formula is C29H35F3N4O4. The first-order valence-electron chi connectivity index (χ1n) is 13.3. The highest BCUT2D eigenvalue weighted by molar-refractivity contribution is 5.74. The van der Waals surface area contributed by atoms with Crippen LogP contribution in [0.2, 0.25) is 0 Å². The van der Waals surface area contributed by atoms with Crippen molar-refractivity contribution in [2.75, 3.05) is 39.3 Å². The summed E-state index contributed by atoms with van der Waals surface area (Å²) in [5.41, 5.74) is -0.768. The lowest BCUT2D eigenvalue weighted by atomic mass is 9.83. The number of carbonyl (C=O) groups is 2. The fraction of sp³-hybridized carbons (Fsp3) is 0.448. The van der Waals surface area contributed by atoms with Crippen LogP contribution in [0.15, 0.2) is 67.3 Å². The number of urea groups is 1. The first kappa shape index (κ1) is 29.4. The summed E-state index contributed by atoms with van der Waals surface area (Å²) in [7, 11) is 0. The molecular weight excluding hydrogens is 525 g/mol. The molecule has 2 aromatic carbocycles. The largest absolute Gasteiger partial charge is 0.465 e. The van der Waals surface area contributed by atoms with E-state index in [9.17, 15) is 33.0 Å². The number of β-amino-alcohol motifs (C(OH)–C–C–N with tert-alkyl or cyclic N) is 1. The topological polar surface area (TPSA) is 96.4 Å². The number of aliphatic hydroxyl groups is 1. The van der Waals surface area contributed by atoms with Crippen molar-refractivity contribution in [2.45, 2.75) is 37.2 Å². The number of alkyl halides is 3. The van der Waals surface area contributed by atoms with Crippen LogP contribution in [0, 0.1) is 5.92 Å². The van der Waals surface area contributed by atoms with Crippen molar-refractivity contribution in [2.24, 2.45) is 5.92 Å². The van der Waals surface area contributed by atoms with Gasteiger partial charge in [-0.1, -0.05) is 48.5 Å². The van der Waals surface area contributed by atoms with Crippen LogP contribution in [0.5, 0.6) is 0 Å². The van der Waals surface area contributed by atoms with Gasteiger partial charge in [-0.15, -0.1) is 6.58 Å². The van der Waals surface area contributed by atoms with Crippen LogP contribution in [0.25, 0.3) is 0 Å². The molecule has 2 atom stereocenters. The Morgan fingerprint density at radius 3 is 2.33 bits per heavy atom. The summed E-state index contributed by atoms with van der Waals surface area (Å²) < 4.78 is 38.4. The normalized spacial score (nSPS) is 22.2. The second kappa shape index (κ2) is 12.3. The third-order valence-electron chi connectivity index (χ3n) is 7.88. The van der Waals surface area contributed by atoms with Crippen LogP contribution in [0.1, 0.15) is 29.5 Å². The lowest BCUT2D eigenvalue weighted by Crippen LogP contribution is -2.52. The van der Waals surface area contributed by atoms with Gasteiger partial charge >= 0.3 is 18.3 Å². The Balaban J connectivity index is 1.34. The Labute approximate surface area is 231 Å². The van der Waals surface area contributed by atoms with Gasteiger partial charge in [0.2, 0.25) is 0 Å². The average Bonchev–Trinajstić information content (AvgIpc) is 3.28. The molecule has 2 unspecified atom stereocenters. The Kier molecular flexibility index (Phi) is 9.05. The van der Waals surface area contributed by atoms with Gasteiger partial charge in [0.1, 0.15) is 5.60 Å². The van der Waals surface area contributed by atoms with Crippen LogP contribution < -0.4 is 5.32 Å². The molecule has 2 aliphatic heterocycles. The van der Waals surface area contributed by atoms with E-state index in [0.29, 0.717) is 50.1 Å². The van der Waals surface area contributed by atoms with Crippen molar-refractivity contribution in [1.29, 1.82) is 0 Å². The summed E-state index contributed by atoms with van der Waals surface area (Å²) >= 11 is 0. The van der Waals surface area contributed by atoms with Crippen LogP contribution in [0.4, 0.5) is 22.8 Å². The van der Waals surface area contributed by atoms with Crippen molar-refractivity contribution < 1.29 is 33.0 Å². The maximum Gasteiger partial charge on any atom is 0.416 e. The van der Waals surface area contributed by atoms with Gasteiger partial charge in [-0.2, -0.15) is 13.2 Å². The molecule has 4 rings (SSSR count). The maximum atomic E-state index is 13.0. The lowest BCUT2D eigenvalue weighted by molar-refractivity contribution is -0.137. The summed E-state index contributed by atoms with van der Waals surface area (Å²) in [6, 6.07) is 13.5. The highest BCUT2D eigenvalue weighted by Gasteiger charge is 2.48. The Bertz CT molecular complexity index is 1170. The predicted octanol–water partition coefficient (Wildman–Crippen LogP) is 4.37. The second-order valence-corrected chi connectivity index (χ2v) is 10.5. The molecule has 2 saturated heterocycles. The Morgan fingerprint density at radius 2 is 1.75 bits per heavy atom. The zero-order valence-electron chi connectivity index (χ0n) is 22.2. The average molecular weight is 561 g/mol. The van der Waals surface area contributed by atoms with Gasteiger partial charge in [0, 0.05) is 51.2 Å². The first-order valence-corrected chi connectivity index (χ1v) is 13.3. The summed E-state index contributed by atoms with van der Waals surface area (Å²) in [6.45, 7) is 6.28. The van der Waals surface area contributed by atoms with Crippen molar-refractivity contribution in [3.63, 3.8) is 0 Å². The Morgan fingerprint density at radius 1 is 1.10 bits per heavy atom. The van der Waals surface area contributed by atoms with E-state index in [1.165, 1.54) is 17.0 Å². The molecule has 0 radical (unpaired) electrons. The number of hydrogen-bond acceptors (Lipinski definition) is 4. The van der Waals surface area contributed by atoms with Crippen molar-refractivity contribution in [1.82, 2.24) is 20.0 Å². The van der Waals surface area contributed by atoms with Crippen LogP contribution >= 0.6 is 0 Å². The monoisotopic (exact) mass is 560 g/mol. The molecule has 0 aliphatic carbocycles. The molecule has 216 valence electrons. The SMILES string of the molecule is C=CCN(C(=O)NCc1ccc(C(F)(F)F)cc1)C1CCN(CC2CN(C(=O)O)CC2(O)c2ccccc2)CC1. The quantitative estimate of drug-likeness (QED) is 0.417.